The van der Waals surface area contributed by atoms with Gasteiger partial charge in [0.1, 0.15) is 5.75 Å². The molecule has 0 spiro atoms. The van der Waals surface area contributed by atoms with Crippen LogP contribution in [-0.2, 0) is 9.59 Å². The molecule has 0 saturated heterocycles. The highest BCUT2D eigenvalue weighted by molar-refractivity contribution is 5.88. The summed E-state index contributed by atoms with van der Waals surface area (Å²) in [5.74, 6) is -0.626. The van der Waals surface area contributed by atoms with Crippen LogP contribution >= 0.6 is 0 Å². The van der Waals surface area contributed by atoms with Crippen molar-refractivity contribution in [1.29, 1.82) is 0 Å². The zero-order valence-electron chi connectivity index (χ0n) is 21.3. The number of rotatable bonds is 18. The molecule has 2 rings (SSSR count). The Labute approximate surface area is 213 Å². The van der Waals surface area contributed by atoms with Gasteiger partial charge in [0.05, 0.1) is 19.0 Å². The lowest BCUT2D eigenvalue weighted by molar-refractivity contribution is -0.126. The first-order valence-corrected chi connectivity index (χ1v) is 13.0. The number of amides is 2. The van der Waals surface area contributed by atoms with Crippen molar-refractivity contribution in [3.05, 3.63) is 54.0 Å². The number of nitrogens with one attached hydrogen (secondary N) is 2. The third-order valence-corrected chi connectivity index (χ3v) is 5.67. The third-order valence-electron chi connectivity index (χ3n) is 5.67. The molecule has 8 heteroatoms. The van der Waals surface area contributed by atoms with Crippen molar-refractivity contribution >= 4 is 24.0 Å². The quantitative estimate of drug-likeness (QED) is 0.0894. The molecule has 196 valence electrons. The number of ether oxygens (including phenoxy) is 1. The number of nitrogens with zero attached hydrogens (tertiary/aromatic N) is 1. The lowest BCUT2D eigenvalue weighted by Crippen LogP contribution is -2.34. The lowest BCUT2D eigenvalue weighted by atomic mass is 10.1. The molecule has 0 aliphatic rings. The van der Waals surface area contributed by atoms with Gasteiger partial charge in [-0.25, -0.2) is 10.2 Å². The van der Waals surface area contributed by atoms with Gasteiger partial charge in [-0.2, -0.15) is 5.10 Å². The number of hydrogen-bond donors (Lipinski definition) is 2. The second-order valence-corrected chi connectivity index (χ2v) is 8.79. The van der Waals surface area contributed by atoms with Crippen LogP contribution in [0.15, 0.2) is 52.2 Å². The fourth-order valence-electron chi connectivity index (χ4n) is 3.61. The number of furan rings is 1. The van der Waals surface area contributed by atoms with Gasteiger partial charge in [0.2, 0.25) is 11.7 Å². The van der Waals surface area contributed by atoms with Gasteiger partial charge in [-0.05, 0) is 48.4 Å². The maximum absolute atomic E-state index is 11.9. The van der Waals surface area contributed by atoms with Crippen LogP contribution in [0.25, 0.3) is 0 Å². The Morgan fingerprint density at radius 1 is 0.861 bits per heavy atom. The summed E-state index contributed by atoms with van der Waals surface area (Å²) >= 11 is 0. The Bertz CT molecular complexity index is 923. The minimum atomic E-state index is -0.584. The number of carbonyl (C=O) groups excluding carboxylic acids is 3. The summed E-state index contributed by atoms with van der Waals surface area (Å²) in [5, 5.41) is 6.51. The Morgan fingerprint density at radius 3 is 2.11 bits per heavy atom. The van der Waals surface area contributed by atoms with Crippen LogP contribution < -0.4 is 15.5 Å². The molecule has 0 aliphatic carbocycles. The van der Waals surface area contributed by atoms with Crippen LogP contribution in [0, 0.1) is 0 Å². The molecule has 1 heterocycles. The predicted octanol–water partition coefficient (Wildman–Crippen LogP) is 5.77. The normalized spacial score (nSPS) is 10.9. The number of unbranched alkanes of at least 4 members (excludes halogenated alkanes) is 10. The monoisotopic (exact) mass is 497 g/mol. The molecule has 0 bridgehead atoms. The van der Waals surface area contributed by atoms with E-state index in [0.29, 0.717) is 17.7 Å². The first-order valence-electron chi connectivity index (χ1n) is 13.0. The highest BCUT2D eigenvalue weighted by Crippen LogP contribution is 2.14. The van der Waals surface area contributed by atoms with Gasteiger partial charge in [-0.15, -0.1) is 0 Å². The van der Waals surface area contributed by atoms with Crippen LogP contribution in [0.5, 0.6) is 5.75 Å². The lowest BCUT2D eigenvalue weighted by Gasteiger charge is -2.05. The molecule has 0 atom stereocenters. The maximum Gasteiger partial charge on any atom is 0.379 e. The molecule has 36 heavy (non-hydrogen) atoms. The molecule has 0 radical (unpaired) electrons. The molecule has 0 aliphatic heterocycles. The summed E-state index contributed by atoms with van der Waals surface area (Å²) in [4.78, 5) is 35.6. The van der Waals surface area contributed by atoms with Crippen LogP contribution in [0.2, 0.25) is 0 Å². The van der Waals surface area contributed by atoms with Gasteiger partial charge in [-0.3, -0.25) is 9.59 Å². The summed E-state index contributed by atoms with van der Waals surface area (Å²) in [6.07, 6.45) is 16.9. The van der Waals surface area contributed by atoms with E-state index in [0.717, 1.165) is 19.3 Å². The van der Waals surface area contributed by atoms with Crippen molar-refractivity contribution in [2.24, 2.45) is 5.10 Å². The van der Waals surface area contributed by atoms with Crippen LogP contribution in [0.1, 0.15) is 100 Å². The average molecular weight is 498 g/mol. The predicted molar refractivity (Wildman–Crippen MR) is 140 cm³/mol. The van der Waals surface area contributed by atoms with Crippen LogP contribution in [0.4, 0.5) is 0 Å². The number of benzene rings is 1. The molecule has 2 amide bonds. The van der Waals surface area contributed by atoms with E-state index < -0.39 is 11.9 Å². The van der Waals surface area contributed by atoms with E-state index >= 15 is 0 Å². The Hall–Kier alpha value is -3.42. The molecule has 2 N–H and O–H groups in total. The van der Waals surface area contributed by atoms with Crippen molar-refractivity contribution in [1.82, 2.24) is 10.7 Å². The molecule has 8 nitrogen and oxygen atoms in total. The van der Waals surface area contributed by atoms with E-state index in [-0.39, 0.29) is 18.2 Å². The van der Waals surface area contributed by atoms with Gasteiger partial charge in [0, 0.05) is 6.42 Å². The van der Waals surface area contributed by atoms with Gasteiger partial charge in [0.25, 0.3) is 5.91 Å². The second kappa shape index (κ2) is 17.9. The standard InChI is InChI=1S/C28H39N3O5/c1-2-3-4-5-6-7-8-9-10-11-12-15-26(32)29-22-27(33)31-30-21-23-16-18-24(19-17-23)36-28(34)25-14-13-20-35-25/h13-14,16-21H,2-12,15,22H2,1H3,(H,29,32)(H,31,33)/b30-21-. The molecule has 0 saturated carbocycles. The maximum atomic E-state index is 11.9. The molecule has 2 aromatic rings. The van der Waals surface area contributed by atoms with Gasteiger partial charge < -0.3 is 14.5 Å². The van der Waals surface area contributed by atoms with Gasteiger partial charge in [-0.1, -0.05) is 71.1 Å². The first kappa shape index (κ1) is 28.8. The van der Waals surface area contributed by atoms with E-state index in [2.05, 4.69) is 22.8 Å². The summed E-state index contributed by atoms with van der Waals surface area (Å²) in [7, 11) is 0. The number of carbonyl (C=O) groups is 3. The smallest absolute Gasteiger partial charge is 0.379 e. The first-order chi connectivity index (χ1) is 17.6. The summed E-state index contributed by atoms with van der Waals surface area (Å²) in [6, 6.07) is 9.73. The van der Waals surface area contributed by atoms with Gasteiger partial charge >= 0.3 is 5.97 Å². The van der Waals surface area contributed by atoms with Gasteiger partial charge in [0.15, 0.2) is 0 Å². The molecule has 0 unspecified atom stereocenters. The van der Waals surface area contributed by atoms with Crippen molar-refractivity contribution in [2.75, 3.05) is 6.54 Å². The van der Waals surface area contributed by atoms with Crippen molar-refractivity contribution < 1.29 is 23.5 Å². The molecule has 0 fully saturated rings. The SMILES string of the molecule is CCCCCCCCCCCCCC(=O)NCC(=O)N/N=C\c1ccc(OC(=O)c2ccco2)cc1. The van der Waals surface area contributed by atoms with E-state index in [1.807, 2.05) is 0 Å². The van der Waals surface area contributed by atoms with E-state index in [1.165, 1.54) is 69.9 Å². The van der Waals surface area contributed by atoms with E-state index in [1.54, 1.807) is 30.3 Å². The summed E-state index contributed by atoms with van der Waals surface area (Å²) in [5.41, 5.74) is 3.08. The highest BCUT2D eigenvalue weighted by Gasteiger charge is 2.11. The van der Waals surface area contributed by atoms with Crippen LogP contribution in [-0.4, -0.2) is 30.5 Å². The zero-order chi connectivity index (χ0) is 25.8. The summed E-state index contributed by atoms with van der Waals surface area (Å²) < 4.78 is 10.2. The highest BCUT2D eigenvalue weighted by atomic mass is 16.5. The molecular formula is C28H39N3O5. The van der Waals surface area contributed by atoms with E-state index in [9.17, 15) is 14.4 Å². The molecular weight excluding hydrogens is 458 g/mol. The minimum Gasteiger partial charge on any atom is -0.457 e. The van der Waals surface area contributed by atoms with Crippen molar-refractivity contribution in [3.8, 4) is 5.75 Å². The largest absolute Gasteiger partial charge is 0.457 e. The topological polar surface area (TPSA) is 110 Å². The Balaban J connectivity index is 1.49. The molecule has 1 aromatic heterocycles. The summed E-state index contributed by atoms with van der Waals surface area (Å²) in [6.45, 7) is 2.12. The fourth-order valence-corrected chi connectivity index (χ4v) is 3.61. The molecule has 1 aromatic carbocycles. The third kappa shape index (κ3) is 12.9. The van der Waals surface area contributed by atoms with Crippen molar-refractivity contribution in [2.45, 2.75) is 84.0 Å². The minimum absolute atomic E-state index is 0.115. The van der Waals surface area contributed by atoms with E-state index in [4.69, 9.17) is 9.15 Å². The Morgan fingerprint density at radius 2 is 1.50 bits per heavy atom. The average Bonchev–Trinajstić information content (AvgIpc) is 3.42. The zero-order valence-corrected chi connectivity index (χ0v) is 21.3. The Kier molecular flexibility index (Phi) is 14.4. The second-order valence-electron chi connectivity index (χ2n) is 8.79. The van der Waals surface area contributed by atoms with Crippen molar-refractivity contribution in [3.63, 3.8) is 0 Å². The number of esters is 1. The number of hydrogen-bond acceptors (Lipinski definition) is 6. The number of hydrazone groups is 1. The fraction of sp³-hybridized carbons (Fsp3) is 0.500. The van der Waals surface area contributed by atoms with Crippen LogP contribution in [0.3, 0.4) is 0 Å².